The molecule has 1 aromatic heterocycles. The summed E-state index contributed by atoms with van der Waals surface area (Å²) in [4.78, 5) is 14.1. The van der Waals surface area contributed by atoms with Crippen LogP contribution < -0.4 is 0 Å². The molecule has 0 radical (unpaired) electrons. The fraction of sp³-hybridized carbons (Fsp3) is 0.579. The van der Waals surface area contributed by atoms with Gasteiger partial charge in [-0.15, -0.1) is 15.0 Å². The van der Waals surface area contributed by atoms with Gasteiger partial charge in [-0.05, 0) is 68.4 Å². The normalized spacial score (nSPS) is 20.7. The lowest BCUT2D eigenvalue weighted by molar-refractivity contribution is -0.123. The van der Waals surface area contributed by atoms with Crippen molar-refractivity contribution in [3.05, 3.63) is 36.2 Å². The van der Waals surface area contributed by atoms with Gasteiger partial charge >= 0.3 is 0 Å². The van der Waals surface area contributed by atoms with Gasteiger partial charge in [0.1, 0.15) is 5.78 Å². The minimum absolute atomic E-state index is 0.0414. The molecule has 146 valence electrons. The van der Waals surface area contributed by atoms with Gasteiger partial charge in [-0.2, -0.15) is 0 Å². The minimum atomic E-state index is -3.01. The highest BCUT2D eigenvalue weighted by Gasteiger charge is 2.29. The highest BCUT2D eigenvalue weighted by molar-refractivity contribution is 7.91. The van der Waals surface area contributed by atoms with E-state index in [0.29, 0.717) is 6.42 Å². The third-order valence-electron chi connectivity index (χ3n) is 5.38. The summed E-state index contributed by atoms with van der Waals surface area (Å²) < 4.78 is 24.2. The van der Waals surface area contributed by atoms with Gasteiger partial charge in [0.25, 0.3) is 0 Å². The van der Waals surface area contributed by atoms with Crippen molar-refractivity contribution in [1.82, 2.24) is 20.2 Å². The molecule has 8 heteroatoms. The number of hydrogen-bond donors (Lipinski definition) is 0. The van der Waals surface area contributed by atoms with E-state index in [9.17, 15) is 13.2 Å². The van der Waals surface area contributed by atoms with Crippen molar-refractivity contribution < 1.29 is 13.2 Å². The summed E-state index contributed by atoms with van der Waals surface area (Å²) in [6.45, 7) is 3.46. The molecular weight excluding hydrogens is 364 g/mol. The number of carbonyl (C=O) groups excluding carboxylic acids is 1. The van der Waals surface area contributed by atoms with E-state index in [2.05, 4.69) is 15.4 Å². The van der Waals surface area contributed by atoms with E-state index in [1.54, 1.807) is 13.8 Å². The topological polar surface area (TPSA) is 94.8 Å². The zero-order valence-electron chi connectivity index (χ0n) is 15.8. The van der Waals surface area contributed by atoms with Crippen LogP contribution in [-0.4, -0.2) is 45.4 Å². The molecule has 1 aliphatic carbocycles. The van der Waals surface area contributed by atoms with Crippen LogP contribution in [0.5, 0.6) is 0 Å². The molecule has 0 bridgehead atoms. The highest BCUT2D eigenvalue weighted by atomic mass is 32.2. The number of nitrogens with zero attached hydrogens (tertiary/aromatic N) is 4. The molecule has 2 aromatic rings. The van der Waals surface area contributed by atoms with Crippen molar-refractivity contribution in [2.24, 2.45) is 11.8 Å². The summed E-state index contributed by atoms with van der Waals surface area (Å²) in [6.07, 6.45) is 5.00. The first-order valence-electron chi connectivity index (χ1n) is 9.41. The maximum absolute atomic E-state index is 12.6. The Morgan fingerprint density at radius 2 is 1.81 bits per heavy atom. The Bertz CT molecular complexity index is 853. The van der Waals surface area contributed by atoms with Crippen LogP contribution in [0.25, 0.3) is 5.69 Å². The van der Waals surface area contributed by atoms with Gasteiger partial charge < -0.3 is 0 Å². The Morgan fingerprint density at radius 1 is 1.15 bits per heavy atom. The lowest BCUT2D eigenvalue weighted by atomic mass is 9.79. The zero-order valence-corrected chi connectivity index (χ0v) is 16.6. The maximum atomic E-state index is 12.6. The van der Waals surface area contributed by atoms with E-state index in [0.717, 1.165) is 36.9 Å². The number of tetrazole rings is 1. The Balaban J connectivity index is 1.51. The summed E-state index contributed by atoms with van der Waals surface area (Å²) in [5.41, 5.74) is 1.77. The molecular formula is C19H26N4O3S. The minimum Gasteiger partial charge on any atom is -0.299 e. The van der Waals surface area contributed by atoms with E-state index < -0.39 is 9.84 Å². The lowest BCUT2D eigenvalue weighted by Gasteiger charge is -2.28. The monoisotopic (exact) mass is 390 g/mol. The Hall–Kier alpha value is -2.09. The van der Waals surface area contributed by atoms with E-state index >= 15 is 0 Å². The van der Waals surface area contributed by atoms with Gasteiger partial charge in [0.05, 0.1) is 16.7 Å². The smallest absolute Gasteiger partial charge is 0.162 e. The molecule has 1 aromatic carbocycles. The molecule has 1 fully saturated rings. The number of sulfone groups is 1. The van der Waals surface area contributed by atoms with E-state index in [1.165, 1.54) is 11.1 Å². The molecule has 1 saturated carbocycles. The second-order valence-electron chi connectivity index (χ2n) is 7.63. The number of Topliss-reactive ketones (excluding diaryl/α,β-unsaturated/α-hetero) is 1. The second-order valence-corrected chi connectivity index (χ2v) is 10.2. The average Bonchev–Trinajstić information content (AvgIpc) is 3.17. The van der Waals surface area contributed by atoms with Gasteiger partial charge in [-0.3, -0.25) is 4.79 Å². The Labute approximate surface area is 160 Å². The fourth-order valence-corrected chi connectivity index (χ4v) is 4.93. The lowest BCUT2D eigenvalue weighted by Crippen LogP contribution is -2.29. The van der Waals surface area contributed by atoms with E-state index in [-0.39, 0.29) is 28.6 Å². The van der Waals surface area contributed by atoms with Gasteiger partial charge in [0.2, 0.25) is 0 Å². The number of ketones is 1. The number of aromatic nitrogens is 4. The summed E-state index contributed by atoms with van der Waals surface area (Å²) in [6, 6.07) is 7.57. The van der Waals surface area contributed by atoms with Gasteiger partial charge in [0, 0.05) is 12.3 Å². The molecule has 0 atom stereocenters. The van der Waals surface area contributed by atoms with Crippen LogP contribution in [0.2, 0.25) is 0 Å². The standard InChI is InChI=1S/C19H26N4O3S/c1-14(2)27(25,26)12-16-3-7-17(8-4-16)19(24)11-15-5-9-18(10-6-15)23-21-13-20-22-23/h5-6,9-10,13-14,16-17H,3-4,7-8,11-12H2,1-2H3. The van der Waals surface area contributed by atoms with Crippen LogP contribution >= 0.6 is 0 Å². The van der Waals surface area contributed by atoms with Gasteiger partial charge in [-0.25, -0.2) is 8.42 Å². The van der Waals surface area contributed by atoms with Crippen LogP contribution in [0, 0.1) is 11.8 Å². The van der Waals surface area contributed by atoms with Crippen LogP contribution in [-0.2, 0) is 21.1 Å². The third-order valence-corrected chi connectivity index (χ3v) is 7.76. The first-order valence-corrected chi connectivity index (χ1v) is 11.1. The molecule has 0 aliphatic heterocycles. The molecule has 1 aliphatic rings. The second kappa shape index (κ2) is 8.29. The Morgan fingerprint density at radius 3 is 2.37 bits per heavy atom. The number of hydrogen-bond acceptors (Lipinski definition) is 6. The zero-order chi connectivity index (χ0) is 19.4. The number of carbonyl (C=O) groups is 1. The van der Waals surface area contributed by atoms with Crippen LogP contribution in [0.4, 0.5) is 0 Å². The van der Waals surface area contributed by atoms with Gasteiger partial charge in [0.15, 0.2) is 16.2 Å². The van der Waals surface area contributed by atoms with Crippen molar-refractivity contribution in [1.29, 1.82) is 0 Å². The molecule has 0 amide bonds. The predicted molar refractivity (Wildman–Crippen MR) is 102 cm³/mol. The summed E-state index contributed by atoms with van der Waals surface area (Å²) in [5.74, 6) is 0.728. The highest BCUT2D eigenvalue weighted by Crippen LogP contribution is 2.31. The van der Waals surface area contributed by atoms with E-state index in [1.807, 2.05) is 24.3 Å². The van der Waals surface area contributed by atoms with Gasteiger partial charge in [-0.1, -0.05) is 12.1 Å². The molecule has 27 heavy (non-hydrogen) atoms. The van der Waals surface area contributed by atoms with Crippen molar-refractivity contribution in [3.8, 4) is 5.69 Å². The molecule has 0 N–H and O–H groups in total. The van der Waals surface area contributed by atoms with Crippen molar-refractivity contribution >= 4 is 15.6 Å². The third kappa shape index (κ3) is 5.00. The summed E-state index contributed by atoms with van der Waals surface area (Å²) in [7, 11) is -3.01. The summed E-state index contributed by atoms with van der Waals surface area (Å²) in [5, 5.41) is 11.2. The maximum Gasteiger partial charge on any atom is 0.162 e. The first kappa shape index (κ1) is 19.7. The molecule has 1 heterocycles. The molecule has 7 nitrogen and oxygen atoms in total. The predicted octanol–water partition coefficient (Wildman–Crippen LogP) is 2.40. The SMILES string of the molecule is CC(C)S(=O)(=O)CC1CCC(C(=O)Cc2ccc(-n3ncnn3)cc2)CC1. The largest absolute Gasteiger partial charge is 0.299 e. The fourth-order valence-electron chi connectivity index (χ4n) is 3.55. The van der Waals surface area contributed by atoms with E-state index in [4.69, 9.17) is 0 Å². The van der Waals surface area contributed by atoms with Crippen LogP contribution in [0.1, 0.15) is 45.1 Å². The van der Waals surface area contributed by atoms with Crippen LogP contribution in [0.3, 0.4) is 0 Å². The Kier molecular flexibility index (Phi) is 6.04. The molecule has 0 unspecified atom stereocenters. The van der Waals surface area contributed by atoms with Crippen molar-refractivity contribution in [2.75, 3.05) is 5.75 Å². The average molecular weight is 391 g/mol. The van der Waals surface area contributed by atoms with Crippen molar-refractivity contribution in [2.45, 2.75) is 51.2 Å². The number of rotatable bonds is 7. The molecule has 3 rings (SSSR count). The quantitative estimate of drug-likeness (QED) is 0.720. The molecule has 0 saturated heterocycles. The number of benzene rings is 1. The van der Waals surface area contributed by atoms with Crippen LogP contribution in [0.15, 0.2) is 30.6 Å². The summed E-state index contributed by atoms with van der Waals surface area (Å²) >= 11 is 0. The van der Waals surface area contributed by atoms with Crippen molar-refractivity contribution in [3.63, 3.8) is 0 Å². The molecule has 0 spiro atoms. The first-order chi connectivity index (χ1) is 12.8.